The van der Waals surface area contributed by atoms with Crippen LogP contribution in [0.3, 0.4) is 0 Å². The highest BCUT2D eigenvalue weighted by Gasteiger charge is 2.25. The zero-order valence-corrected chi connectivity index (χ0v) is 8.66. The molecule has 1 aliphatic carbocycles. The third kappa shape index (κ3) is 2.01. The Kier molecular flexibility index (Phi) is 2.52. The van der Waals surface area contributed by atoms with Crippen LogP contribution in [-0.2, 0) is 0 Å². The SMILES string of the molecule is CC1=CC2CC(C)CCCC2C=N1. The number of allylic oxidation sites excluding steroid dienone is 2. The third-order valence-corrected chi connectivity index (χ3v) is 3.38. The van der Waals surface area contributed by atoms with E-state index in [9.17, 15) is 0 Å². The summed E-state index contributed by atoms with van der Waals surface area (Å²) < 4.78 is 0. The van der Waals surface area contributed by atoms with Crippen molar-refractivity contribution in [2.75, 3.05) is 0 Å². The van der Waals surface area contributed by atoms with E-state index >= 15 is 0 Å². The van der Waals surface area contributed by atoms with Crippen molar-refractivity contribution < 1.29 is 0 Å². The Morgan fingerprint density at radius 1 is 1.31 bits per heavy atom. The van der Waals surface area contributed by atoms with Crippen LogP contribution in [0.25, 0.3) is 0 Å². The molecule has 2 rings (SSSR count). The van der Waals surface area contributed by atoms with E-state index in [0.29, 0.717) is 0 Å². The van der Waals surface area contributed by atoms with Crippen LogP contribution in [0.5, 0.6) is 0 Å². The van der Waals surface area contributed by atoms with Crippen LogP contribution in [0.15, 0.2) is 16.8 Å². The first-order chi connectivity index (χ1) is 6.25. The minimum Gasteiger partial charge on any atom is -0.266 e. The Balaban J connectivity index is 2.12. The van der Waals surface area contributed by atoms with E-state index in [1.807, 2.05) is 0 Å². The number of rotatable bonds is 0. The molecule has 1 heteroatoms. The van der Waals surface area contributed by atoms with Crippen molar-refractivity contribution in [2.45, 2.75) is 39.5 Å². The molecular formula is C12H19N. The lowest BCUT2D eigenvalue weighted by Crippen LogP contribution is -2.17. The number of hydrogen-bond acceptors (Lipinski definition) is 1. The van der Waals surface area contributed by atoms with Gasteiger partial charge in [-0.15, -0.1) is 0 Å². The van der Waals surface area contributed by atoms with Crippen molar-refractivity contribution in [3.63, 3.8) is 0 Å². The van der Waals surface area contributed by atoms with Gasteiger partial charge in [-0.05, 0) is 31.6 Å². The van der Waals surface area contributed by atoms with Gasteiger partial charge in [0.1, 0.15) is 0 Å². The molecule has 3 unspecified atom stereocenters. The zero-order chi connectivity index (χ0) is 9.26. The van der Waals surface area contributed by atoms with Crippen molar-refractivity contribution in [3.05, 3.63) is 11.8 Å². The molecule has 13 heavy (non-hydrogen) atoms. The highest BCUT2D eigenvalue weighted by Crippen LogP contribution is 2.34. The molecule has 0 amide bonds. The molecule has 0 N–H and O–H groups in total. The summed E-state index contributed by atoms with van der Waals surface area (Å²) in [5, 5.41) is 0. The molecule has 0 saturated heterocycles. The topological polar surface area (TPSA) is 12.4 Å². The van der Waals surface area contributed by atoms with Crippen molar-refractivity contribution >= 4 is 6.21 Å². The van der Waals surface area contributed by atoms with Gasteiger partial charge in [0.15, 0.2) is 0 Å². The Labute approximate surface area is 80.9 Å². The molecule has 0 bridgehead atoms. The van der Waals surface area contributed by atoms with Crippen LogP contribution in [0.1, 0.15) is 39.5 Å². The van der Waals surface area contributed by atoms with Gasteiger partial charge in [-0.2, -0.15) is 0 Å². The van der Waals surface area contributed by atoms with E-state index in [0.717, 1.165) is 17.8 Å². The summed E-state index contributed by atoms with van der Waals surface area (Å²) in [5.74, 6) is 2.44. The van der Waals surface area contributed by atoms with Gasteiger partial charge in [0.2, 0.25) is 0 Å². The maximum Gasteiger partial charge on any atom is 0.0332 e. The monoisotopic (exact) mass is 177 g/mol. The Morgan fingerprint density at radius 3 is 3.00 bits per heavy atom. The van der Waals surface area contributed by atoms with E-state index in [2.05, 4.69) is 31.1 Å². The molecule has 0 radical (unpaired) electrons. The first kappa shape index (κ1) is 8.98. The maximum atomic E-state index is 4.42. The van der Waals surface area contributed by atoms with Gasteiger partial charge in [-0.3, -0.25) is 4.99 Å². The molecule has 0 spiro atoms. The largest absolute Gasteiger partial charge is 0.266 e. The highest BCUT2D eigenvalue weighted by atomic mass is 14.7. The normalized spacial score (nSPS) is 39.2. The van der Waals surface area contributed by atoms with Crippen LogP contribution in [0.2, 0.25) is 0 Å². The summed E-state index contributed by atoms with van der Waals surface area (Å²) in [7, 11) is 0. The van der Waals surface area contributed by atoms with Crippen molar-refractivity contribution in [3.8, 4) is 0 Å². The van der Waals surface area contributed by atoms with Crippen LogP contribution in [-0.4, -0.2) is 6.21 Å². The van der Waals surface area contributed by atoms with Crippen molar-refractivity contribution in [1.29, 1.82) is 0 Å². The van der Waals surface area contributed by atoms with Crippen molar-refractivity contribution in [1.82, 2.24) is 0 Å². The molecular weight excluding hydrogens is 158 g/mol. The molecule has 1 aliphatic heterocycles. The lowest BCUT2D eigenvalue weighted by Gasteiger charge is -2.23. The maximum absolute atomic E-state index is 4.42. The van der Waals surface area contributed by atoms with Crippen molar-refractivity contribution in [2.24, 2.45) is 22.7 Å². The fraction of sp³-hybridized carbons (Fsp3) is 0.750. The quantitative estimate of drug-likeness (QED) is 0.537. The smallest absolute Gasteiger partial charge is 0.0332 e. The zero-order valence-electron chi connectivity index (χ0n) is 8.66. The van der Waals surface area contributed by atoms with Gasteiger partial charge in [0, 0.05) is 17.8 Å². The van der Waals surface area contributed by atoms with Gasteiger partial charge < -0.3 is 0 Å². The van der Waals surface area contributed by atoms with E-state index in [1.165, 1.54) is 31.4 Å². The number of fused-ring (bicyclic) bond motifs is 1. The van der Waals surface area contributed by atoms with E-state index in [4.69, 9.17) is 0 Å². The van der Waals surface area contributed by atoms with Gasteiger partial charge in [0.05, 0.1) is 0 Å². The molecule has 1 heterocycles. The van der Waals surface area contributed by atoms with Gasteiger partial charge in [0.25, 0.3) is 0 Å². The van der Waals surface area contributed by atoms with Crippen LogP contribution in [0, 0.1) is 17.8 Å². The minimum absolute atomic E-state index is 0.744. The standard InChI is InChI=1S/C12H19N/c1-9-4-3-5-11-8-13-10(2)7-12(11)6-9/h7-9,11-12H,3-6H2,1-2H3. The predicted octanol–water partition coefficient (Wildman–Crippen LogP) is 3.42. The van der Waals surface area contributed by atoms with E-state index in [1.54, 1.807) is 0 Å². The highest BCUT2D eigenvalue weighted by molar-refractivity contribution is 5.64. The van der Waals surface area contributed by atoms with Crippen LogP contribution < -0.4 is 0 Å². The second-order valence-electron chi connectivity index (χ2n) is 4.69. The summed E-state index contributed by atoms with van der Waals surface area (Å²) in [6.07, 6.45) is 10.1. The molecule has 0 aromatic heterocycles. The lowest BCUT2D eigenvalue weighted by molar-refractivity contribution is 0.420. The molecule has 72 valence electrons. The summed E-state index contributed by atoms with van der Waals surface area (Å²) in [6, 6.07) is 0. The first-order valence-electron chi connectivity index (χ1n) is 5.48. The molecule has 1 nitrogen and oxygen atoms in total. The molecule has 1 saturated carbocycles. The molecule has 0 aromatic rings. The second kappa shape index (κ2) is 3.65. The fourth-order valence-corrected chi connectivity index (χ4v) is 2.62. The number of aliphatic imine (C=N–C) groups is 1. The summed E-state index contributed by atoms with van der Waals surface area (Å²) >= 11 is 0. The Hall–Kier alpha value is -0.590. The average Bonchev–Trinajstić information content (AvgIpc) is 2.25. The summed E-state index contributed by atoms with van der Waals surface area (Å²) in [5.41, 5.74) is 1.22. The summed E-state index contributed by atoms with van der Waals surface area (Å²) in [6.45, 7) is 4.50. The molecule has 0 aromatic carbocycles. The lowest BCUT2D eigenvalue weighted by atomic mass is 9.85. The molecule has 2 aliphatic rings. The minimum atomic E-state index is 0.744. The van der Waals surface area contributed by atoms with Gasteiger partial charge >= 0.3 is 0 Å². The van der Waals surface area contributed by atoms with E-state index in [-0.39, 0.29) is 0 Å². The Bertz CT molecular complexity index is 240. The second-order valence-corrected chi connectivity index (χ2v) is 4.69. The predicted molar refractivity (Wildman–Crippen MR) is 56.9 cm³/mol. The third-order valence-electron chi connectivity index (χ3n) is 3.38. The van der Waals surface area contributed by atoms with Gasteiger partial charge in [-0.1, -0.05) is 25.8 Å². The molecule has 1 fully saturated rings. The Morgan fingerprint density at radius 2 is 2.15 bits per heavy atom. The number of nitrogens with zero attached hydrogens (tertiary/aromatic N) is 1. The number of hydrogen-bond donors (Lipinski definition) is 0. The van der Waals surface area contributed by atoms with Crippen LogP contribution in [0.4, 0.5) is 0 Å². The first-order valence-corrected chi connectivity index (χ1v) is 5.48. The molecule has 3 atom stereocenters. The van der Waals surface area contributed by atoms with Gasteiger partial charge in [-0.25, -0.2) is 0 Å². The van der Waals surface area contributed by atoms with E-state index < -0.39 is 0 Å². The van der Waals surface area contributed by atoms with Crippen LogP contribution >= 0.6 is 0 Å². The fourth-order valence-electron chi connectivity index (χ4n) is 2.62. The summed E-state index contributed by atoms with van der Waals surface area (Å²) in [4.78, 5) is 4.42. The average molecular weight is 177 g/mol.